The summed E-state index contributed by atoms with van der Waals surface area (Å²) in [6, 6.07) is 35.4. The first-order chi connectivity index (χ1) is 31.1. The third kappa shape index (κ3) is 6.43. The van der Waals surface area contributed by atoms with Crippen molar-refractivity contribution in [1.29, 1.82) is 0 Å². The molecular formula is C50H40Cl2N4O8. The molecule has 0 N–H and O–H groups in total. The van der Waals surface area contributed by atoms with E-state index in [4.69, 9.17) is 42.1 Å². The SMILES string of the molecule is COc1ccc(C2C3C(=O)N(c4ccc(-c5ccc(Cl)cc5)cc4)C(=O)C3N3C(c4ccc(OC)cc4OC)C4C(=O)N(c5ccc(-c6ccc(Cl)cc6)cc5)C(=O)C4N23)c(OC)c1. The topological polar surface area (TPSA) is 118 Å². The van der Waals surface area contributed by atoms with Crippen molar-refractivity contribution in [3.05, 3.63) is 155 Å². The van der Waals surface area contributed by atoms with Gasteiger partial charge in [0.1, 0.15) is 35.1 Å². The van der Waals surface area contributed by atoms with E-state index in [0.29, 0.717) is 55.5 Å². The fourth-order valence-corrected chi connectivity index (χ4v) is 10.2. The Hall–Kier alpha value is -6.70. The zero-order valence-corrected chi connectivity index (χ0v) is 36.5. The van der Waals surface area contributed by atoms with Gasteiger partial charge in [-0.1, -0.05) is 71.7 Å². The summed E-state index contributed by atoms with van der Waals surface area (Å²) < 4.78 is 23.0. The van der Waals surface area contributed by atoms with E-state index in [0.717, 1.165) is 22.3 Å². The molecule has 6 aromatic carbocycles. The van der Waals surface area contributed by atoms with Gasteiger partial charge in [0.2, 0.25) is 11.8 Å². The monoisotopic (exact) mass is 894 g/mol. The number of carbonyl (C=O) groups excluding carboxylic acids is 4. The highest BCUT2D eigenvalue weighted by molar-refractivity contribution is 6.31. The summed E-state index contributed by atoms with van der Waals surface area (Å²) in [5, 5.41) is 4.79. The minimum absolute atomic E-state index is 0.379. The highest BCUT2D eigenvalue weighted by Crippen LogP contribution is 2.61. The second kappa shape index (κ2) is 16.1. The maximum Gasteiger partial charge on any atom is 0.253 e. The number of halogens is 2. The van der Waals surface area contributed by atoms with Crippen LogP contribution in [0.3, 0.4) is 0 Å². The molecule has 0 aromatic heterocycles. The van der Waals surface area contributed by atoms with E-state index in [-0.39, 0.29) is 0 Å². The molecule has 10 rings (SSSR count). The first kappa shape index (κ1) is 41.3. The predicted molar refractivity (Wildman–Crippen MR) is 242 cm³/mol. The molecule has 6 unspecified atom stereocenters. The van der Waals surface area contributed by atoms with Crippen molar-refractivity contribution in [2.45, 2.75) is 24.2 Å². The molecule has 0 aliphatic carbocycles. The summed E-state index contributed by atoms with van der Waals surface area (Å²) in [4.78, 5) is 63.4. The van der Waals surface area contributed by atoms with Gasteiger partial charge in [-0.3, -0.25) is 19.2 Å². The van der Waals surface area contributed by atoms with Crippen molar-refractivity contribution in [3.8, 4) is 45.3 Å². The van der Waals surface area contributed by atoms with Crippen molar-refractivity contribution in [2.24, 2.45) is 11.8 Å². The lowest BCUT2D eigenvalue weighted by Crippen LogP contribution is -2.50. The first-order valence-corrected chi connectivity index (χ1v) is 21.3. The van der Waals surface area contributed by atoms with Gasteiger partial charge in [0.15, 0.2) is 0 Å². The largest absolute Gasteiger partial charge is 0.497 e. The second-order valence-electron chi connectivity index (χ2n) is 15.9. The summed E-state index contributed by atoms with van der Waals surface area (Å²) in [6.45, 7) is 0. The minimum atomic E-state index is -1.14. The number of rotatable bonds is 10. The van der Waals surface area contributed by atoms with E-state index in [9.17, 15) is 0 Å². The molecule has 4 aliphatic heterocycles. The number of benzene rings is 6. The Morgan fingerprint density at radius 1 is 0.391 bits per heavy atom. The third-order valence-electron chi connectivity index (χ3n) is 12.8. The lowest BCUT2D eigenvalue weighted by atomic mass is 9.83. The summed E-state index contributed by atoms with van der Waals surface area (Å²) in [5.74, 6) is -2.25. The van der Waals surface area contributed by atoms with Crippen LogP contribution in [0, 0.1) is 11.8 Å². The van der Waals surface area contributed by atoms with Gasteiger partial charge in [-0.15, -0.1) is 0 Å². The molecule has 4 fully saturated rings. The number of carbonyl (C=O) groups is 4. The van der Waals surface area contributed by atoms with Crippen LogP contribution in [0.5, 0.6) is 23.0 Å². The van der Waals surface area contributed by atoms with Crippen LogP contribution in [-0.2, 0) is 19.2 Å². The molecule has 64 heavy (non-hydrogen) atoms. The zero-order valence-electron chi connectivity index (χ0n) is 35.0. The van der Waals surface area contributed by atoms with E-state index in [1.54, 1.807) is 94.9 Å². The molecule has 4 saturated heterocycles. The smallest absolute Gasteiger partial charge is 0.253 e. The number of hydrazine groups is 1. The van der Waals surface area contributed by atoms with Crippen LogP contribution < -0.4 is 28.7 Å². The summed E-state index contributed by atoms with van der Waals surface area (Å²) in [5.41, 5.74) is 5.40. The zero-order chi connectivity index (χ0) is 44.6. The van der Waals surface area contributed by atoms with Gasteiger partial charge in [-0.05, 0) is 95.1 Å². The van der Waals surface area contributed by atoms with Crippen molar-refractivity contribution in [3.63, 3.8) is 0 Å². The second-order valence-corrected chi connectivity index (χ2v) is 16.8. The number of amides is 4. The number of hydrogen-bond donors (Lipinski definition) is 0. The van der Waals surface area contributed by atoms with Crippen LogP contribution in [-0.4, -0.2) is 74.2 Å². The van der Waals surface area contributed by atoms with Crippen molar-refractivity contribution in [1.82, 2.24) is 10.0 Å². The Balaban J connectivity index is 1.13. The Morgan fingerprint density at radius 3 is 1.03 bits per heavy atom. The van der Waals surface area contributed by atoms with E-state index in [1.807, 2.05) is 48.5 Å². The van der Waals surface area contributed by atoms with Crippen LogP contribution in [0.25, 0.3) is 22.3 Å². The molecule has 0 saturated carbocycles. The van der Waals surface area contributed by atoms with Gasteiger partial charge in [-0.25, -0.2) is 19.8 Å². The Morgan fingerprint density at radius 2 is 0.719 bits per heavy atom. The molecule has 0 bridgehead atoms. The number of nitrogens with zero attached hydrogens (tertiary/aromatic N) is 4. The predicted octanol–water partition coefficient (Wildman–Crippen LogP) is 8.81. The molecule has 4 heterocycles. The average Bonchev–Trinajstić information content (AvgIpc) is 4.00. The van der Waals surface area contributed by atoms with Crippen LogP contribution in [0.4, 0.5) is 11.4 Å². The van der Waals surface area contributed by atoms with E-state index < -0.39 is 59.6 Å². The van der Waals surface area contributed by atoms with Crippen LogP contribution >= 0.6 is 23.2 Å². The van der Waals surface area contributed by atoms with Gasteiger partial charge in [-0.2, -0.15) is 0 Å². The summed E-state index contributed by atoms with van der Waals surface area (Å²) >= 11 is 12.3. The summed E-state index contributed by atoms with van der Waals surface area (Å²) in [6.07, 6.45) is 0. The molecular weight excluding hydrogens is 855 g/mol. The number of hydrogen-bond acceptors (Lipinski definition) is 10. The molecule has 14 heteroatoms. The highest BCUT2D eigenvalue weighted by Gasteiger charge is 2.74. The van der Waals surface area contributed by atoms with E-state index in [1.165, 1.54) is 38.2 Å². The number of anilines is 2. The molecule has 322 valence electrons. The molecule has 0 spiro atoms. The number of ether oxygens (including phenoxy) is 4. The standard InChI is InChI=1S/C50H40Cl2N4O8/c1-61-35-21-23-37(39(25-35)63-3)43-41-45(49(59)53(47(41)57)33-17-9-29(10-18-33)27-5-13-31(51)14-6-27)56-44(38-24-22-36(62-2)26-40(38)64-4)42-46(55(43)56)50(60)54(48(42)58)34-19-11-30(12-20-34)28-7-15-32(52)16-8-28/h5-26,41-46H,1-4H3. The number of methoxy groups -OCH3 is 4. The minimum Gasteiger partial charge on any atom is -0.497 e. The maximum atomic E-state index is 15.3. The van der Waals surface area contributed by atoms with Crippen molar-refractivity contribution >= 4 is 58.2 Å². The van der Waals surface area contributed by atoms with Gasteiger partial charge in [0.05, 0.1) is 63.7 Å². The fraction of sp³-hybridized carbons (Fsp3) is 0.200. The average molecular weight is 896 g/mol. The quantitative estimate of drug-likeness (QED) is 0.124. The molecule has 4 aliphatic rings. The van der Waals surface area contributed by atoms with Gasteiger partial charge in [0.25, 0.3) is 11.8 Å². The number of fused-ring (bicyclic) bond motifs is 5. The number of imide groups is 2. The molecule has 12 nitrogen and oxygen atoms in total. The van der Waals surface area contributed by atoms with Gasteiger partial charge in [0, 0.05) is 33.3 Å². The molecule has 0 radical (unpaired) electrons. The van der Waals surface area contributed by atoms with Crippen molar-refractivity contribution in [2.75, 3.05) is 38.2 Å². The van der Waals surface area contributed by atoms with Crippen LogP contribution in [0.1, 0.15) is 23.2 Å². The lowest BCUT2D eigenvalue weighted by molar-refractivity contribution is -0.136. The summed E-state index contributed by atoms with van der Waals surface area (Å²) in [7, 11) is 6.09. The normalized spacial score (nSPS) is 22.8. The maximum absolute atomic E-state index is 15.3. The van der Waals surface area contributed by atoms with Crippen LogP contribution in [0.15, 0.2) is 133 Å². The lowest BCUT2D eigenvalue weighted by Gasteiger charge is -2.36. The molecule has 4 amide bonds. The Bertz CT molecular complexity index is 2650. The van der Waals surface area contributed by atoms with E-state index >= 15 is 19.2 Å². The third-order valence-corrected chi connectivity index (χ3v) is 13.4. The van der Waals surface area contributed by atoms with Crippen LogP contribution in [0.2, 0.25) is 10.0 Å². The highest BCUT2D eigenvalue weighted by atomic mass is 35.5. The van der Waals surface area contributed by atoms with Gasteiger partial charge < -0.3 is 18.9 Å². The Labute approximate surface area is 379 Å². The molecule has 6 atom stereocenters. The molecule has 6 aromatic rings. The Kier molecular flexibility index (Phi) is 10.4. The first-order valence-electron chi connectivity index (χ1n) is 20.5. The van der Waals surface area contributed by atoms with Crippen molar-refractivity contribution < 1.29 is 38.1 Å². The van der Waals surface area contributed by atoms with Gasteiger partial charge >= 0.3 is 0 Å². The van der Waals surface area contributed by atoms with E-state index in [2.05, 4.69) is 0 Å². The fourth-order valence-electron chi connectivity index (χ4n) is 9.97.